The quantitative estimate of drug-likeness (QED) is 0.775. The Bertz CT molecular complexity index is 909. The third kappa shape index (κ3) is 4.51. The van der Waals surface area contributed by atoms with Crippen LogP contribution in [0.1, 0.15) is 37.7 Å². The predicted octanol–water partition coefficient (Wildman–Crippen LogP) is 3.77. The number of hydrogen-bond acceptors (Lipinski definition) is 4. The number of rotatable bonds is 3. The van der Waals surface area contributed by atoms with E-state index in [2.05, 4.69) is 9.97 Å². The predicted molar refractivity (Wildman–Crippen MR) is 78.1 cm³/mol. The van der Waals surface area contributed by atoms with Gasteiger partial charge in [0.25, 0.3) is 5.91 Å². The van der Waals surface area contributed by atoms with Gasteiger partial charge in [0, 0.05) is 6.20 Å². The number of benzene rings is 1. The zero-order chi connectivity index (χ0) is 20.6. The number of nitrogens with one attached hydrogen (secondary N) is 1. The Kier molecular flexibility index (Phi) is 5.11. The fraction of sp³-hybridized carbons (Fsp3) is 0.200. The van der Waals surface area contributed by atoms with Gasteiger partial charge in [-0.05, 0) is 25.1 Å². The lowest BCUT2D eigenvalue weighted by molar-refractivity contribution is -0.162. The molecule has 0 saturated heterocycles. The maximum Gasteiger partial charge on any atom is 0.417 e. The molecular weight excluding hydrogens is 384 g/mol. The van der Waals surface area contributed by atoms with E-state index in [4.69, 9.17) is 5.11 Å². The molecule has 0 fully saturated rings. The Morgan fingerprint density at radius 3 is 1.96 bits per heavy atom. The molecule has 0 saturated carbocycles. The third-order valence-corrected chi connectivity index (χ3v) is 3.26. The summed E-state index contributed by atoms with van der Waals surface area (Å²) in [6.07, 6.45) is -9.74. The molecule has 1 amide bonds. The first-order chi connectivity index (χ1) is 12.3. The number of carbonyl (C=O) groups is 2. The van der Waals surface area contributed by atoms with Gasteiger partial charge in [0.15, 0.2) is 0 Å². The van der Waals surface area contributed by atoms with E-state index < -0.39 is 46.5 Å². The van der Waals surface area contributed by atoms with E-state index in [0.29, 0.717) is 0 Å². The third-order valence-electron chi connectivity index (χ3n) is 3.26. The summed E-state index contributed by atoms with van der Waals surface area (Å²) in [5, 5.41) is 11.1. The summed E-state index contributed by atoms with van der Waals surface area (Å²) >= 11 is 0. The average molecular weight is 393 g/mol. The molecular formula is C15H9F6N3O3. The van der Waals surface area contributed by atoms with E-state index in [1.165, 1.54) is 19.2 Å². The topological polar surface area (TPSA) is 92.2 Å². The van der Waals surface area contributed by atoms with Gasteiger partial charge >= 0.3 is 18.3 Å². The molecule has 2 N–H and O–H groups in total. The molecule has 27 heavy (non-hydrogen) atoms. The van der Waals surface area contributed by atoms with Crippen LogP contribution in [0, 0.1) is 6.92 Å². The van der Waals surface area contributed by atoms with Gasteiger partial charge in [0.2, 0.25) is 0 Å². The first kappa shape index (κ1) is 20.1. The van der Waals surface area contributed by atoms with Crippen molar-refractivity contribution in [1.82, 2.24) is 9.97 Å². The smallest absolute Gasteiger partial charge is 0.417 e. The number of aromatic nitrogens is 2. The number of hydrogen-bond donors (Lipinski definition) is 2. The average Bonchev–Trinajstić information content (AvgIpc) is 2.51. The number of carboxylic acids is 1. The summed E-state index contributed by atoms with van der Waals surface area (Å²) in [5.41, 5.74) is -6.72. The Hall–Kier alpha value is -3.18. The van der Waals surface area contributed by atoms with Crippen LogP contribution in [0.2, 0.25) is 0 Å². The van der Waals surface area contributed by atoms with Crippen LogP contribution in [-0.4, -0.2) is 27.0 Å². The summed E-state index contributed by atoms with van der Waals surface area (Å²) in [4.78, 5) is 30.9. The molecule has 0 aliphatic rings. The fourth-order valence-electron chi connectivity index (χ4n) is 2.14. The van der Waals surface area contributed by atoms with E-state index in [0.717, 1.165) is 0 Å². The second-order valence-corrected chi connectivity index (χ2v) is 5.19. The minimum Gasteiger partial charge on any atom is -0.478 e. The minimum atomic E-state index is -5.48. The number of aryl methyl sites for hydroxylation is 1. The van der Waals surface area contributed by atoms with Crippen LogP contribution in [0.4, 0.5) is 32.2 Å². The highest BCUT2D eigenvalue weighted by Gasteiger charge is 2.44. The van der Waals surface area contributed by atoms with Crippen LogP contribution in [0.25, 0.3) is 0 Å². The Balaban J connectivity index is 2.64. The monoisotopic (exact) mass is 393 g/mol. The van der Waals surface area contributed by atoms with Crippen LogP contribution >= 0.6 is 0 Å². The molecule has 2 rings (SSSR count). The first-order valence-corrected chi connectivity index (χ1v) is 6.97. The van der Waals surface area contributed by atoms with E-state index >= 15 is 0 Å². The van der Waals surface area contributed by atoms with Crippen LogP contribution in [0.3, 0.4) is 0 Å². The zero-order valence-corrected chi connectivity index (χ0v) is 13.2. The van der Waals surface area contributed by atoms with Gasteiger partial charge in [0.1, 0.15) is 11.6 Å². The molecule has 6 nitrogen and oxygen atoms in total. The Morgan fingerprint density at radius 2 is 1.52 bits per heavy atom. The van der Waals surface area contributed by atoms with E-state index in [-0.39, 0.29) is 23.8 Å². The first-order valence-electron chi connectivity index (χ1n) is 6.97. The normalized spacial score (nSPS) is 12.0. The summed E-state index contributed by atoms with van der Waals surface area (Å²) < 4.78 is 77.9. The summed E-state index contributed by atoms with van der Waals surface area (Å²) in [7, 11) is 0. The van der Waals surface area contributed by atoms with Crippen molar-refractivity contribution in [1.29, 1.82) is 0 Å². The lowest BCUT2D eigenvalue weighted by Crippen LogP contribution is -2.23. The number of carboxylic acid groups (broad SMARTS) is 1. The second-order valence-electron chi connectivity index (χ2n) is 5.19. The molecule has 1 heterocycles. The second kappa shape index (κ2) is 6.85. The zero-order valence-electron chi connectivity index (χ0n) is 13.2. The Morgan fingerprint density at radius 1 is 1.00 bits per heavy atom. The molecule has 144 valence electrons. The van der Waals surface area contributed by atoms with Gasteiger partial charge in [-0.25, -0.2) is 14.8 Å². The molecule has 0 radical (unpaired) electrons. The maximum atomic E-state index is 13.0. The molecule has 0 aliphatic heterocycles. The number of amides is 1. The highest BCUT2D eigenvalue weighted by atomic mass is 19.4. The lowest BCUT2D eigenvalue weighted by Gasteiger charge is -2.18. The molecule has 12 heteroatoms. The number of aromatic carboxylic acids is 1. The summed E-state index contributed by atoms with van der Waals surface area (Å²) in [6, 6.07) is 0.807. The van der Waals surface area contributed by atoms with Crippen molar-refractivity contribution in [2.45, 2.75) is 19.3 Å². The van der Waals surface area contributed by atoms with Crippen molar-refractivity contribution in [3.63, 3.8) is 0 Å². The van der Waals surface area contributed by atoms with Crippen LogP contribution in [0.5, 0.6) is 0 Å². The summed E-state index contributed by atoms with van der Waals surface area (Å²) in [5.74, 6) is -3.35. The van der Waals surface area contributed by atoms with Crippen molar-refractivity contribution in [3.05, 3.63) is 52.5 Å². The van der Waals surface area contributed by atoms with Crippen molar-refractivity contribution >= 4 is 17.7 Å². The molecule has 1 aromatic carbocycles. The molecule has 1 aromatic heterocycles. The molecule has 2 aromatic rings. The van der Waals surface area contributed by atoms with Crippen molar-refractivity contribution < 1.29 is 41.0 Å². The lowest BCUT2D eigenvalue weighted by atomic mass is 9.96. The van der Waals surface area contributed by atoms with Crippen LogP contribution in [-0.2, 0) is 12.4 Å². The minimum absolute atomic E-state index is 0.143. The molecule has 0 unspecified atom stereocenters. The van der Waals surface area contributed by atoms with E-state index in [1.807, 2.05) is 5.32 Å². The molecule has 0 atom stereocenters. The fourth-order valence-corrected chi connectivity index (χ4v) is 2.14. The van der Waals surface area contributed by atoms with Crippen molar-refractivity contribution in [2.24, 2.45) is 0 Å². The van der Waals surface area contributed by atoms with Crippen molar-refractivity contribution in [2.75, 3.05) is 5.32 Å². The Labute approximate surface area is 146 Å². The molecule has 0 bridgehead atoms. The number of alkyl halides is 6. The van der Waals surface area contributed by atoms with Gasteiger partial charge in [-0.2, -0.15) is 26.3 Å². The van der Waals surface area contributed by atoms with Crippen LogP contribution < -0.4 is 5.32 Å². The van der Waals surface area contributed by atoms with Gasteiger partial charge in [-0.15, -0.1) is 0 Å². The van der Waals surface area contributed by atoms with E-state index in [1.54, 1.807) is 0 Å². The maximum absolute atomic E-state index is 13.0. The number of halogens is 6. The van der Waals surface area contributed by atoms with Gasteiger partial charge in [-0.3, -0.25) is 4.79 Å². The SMILES string of the molecule is Cc1nccc(NC(=O)c2cc(C(F)(F)F)c(C(F)(F)F)cc2C(=O)O)n1. The summed E-state index contributed by atoms with van der Waals surface area (Å²) in [6.45, 7) is 1.44. The number of nitrogens with zero attached hydrogens (tertiary/aromatic N) is 2. The van der Waals surface area contributed by atoms with Gasteiger partial charge in [0.05, 0.1) is 22.3 Å². The van der Waals surface area contributed by atoms with Gasteiger partial charge < -0.3 is 10.4 Å². The number of anilines is 1. The largest absolute Gasteiger partial charge is 0.478 e. The van der Waals surface area contributed by atoms with E-state index in [9.17, 15) is 35.9 Å². The molecule has 0 spiro atoms. The van der Waals surface area contributed by atoms with Crippen LogP contribution in [0.15, 0.2) is 24.4 Å². The highest BCUT2D eigenvalue weighted by Crippen LogP contribution is 2.41. The highest BCUT2D eigenvalue weighted by molar-refractivity contribution is 6.10. The number of carbonyl (C=O) groups excluding carboxylic acids is 1. The molecule has 0 aliphatic carbocycles. The van der Waals surface area contributed by atoms with Crippen molar-refractivity contribution in [3.8, 4) is 0 Å². The van der Waals surface area contributed by atoms with Gasteiger partial charge in [-0.1, -0.05) is 0 Å². The standard InChI is InChI=1S/C15H9F6N3O3/c1-6-22-3-2-11(23-6)24-12(25)7-4-9(14(16,17)18)10(15(19,20)21)5-8(7)13(26)27/h2-5H,1H3,(H,26,27)(H,22,23,24,25).